The van der Waals surface area contributed by atoms with Gasteiger partial charge in [0.1, 0.15) is 0 Å². The molecule has 0 saturated heterocycles. The summed E-state index contributed by atoms with van der Waals surface area (Å²) >= 11 is 0. The Morgan fingerprint density at radius 3 is 2.53 bits per heavy atom. The Morgan fingerprint density at radius 1 is 1.26 bits per heavy atom. The maximum Gasteiger partial charge on any atom is 0.218 e. The van der Waals surface area contributed by atoms with Crippen LogP contribution < -0.4 is 10.1 Å². The number of rotatable bonds is 7. The zero-order valence-corrected chi connectivity index (χ0v) is 13.2. The minimum Gasteiger partial charge on any atom is -0.474 e. The molecule has 108 valence electrons. The van der Waals surface area contributed by atoms with E-state index in [0.29, 0.717) is 5.92 Å². The number of ether oxygens (including phenoxy) is 1. The van der Waals surface area contributed by atoms with E-state index in [2.05, 4.69) is 51.0 Å². The Hall–Kier alpha value is -1.09. The van der Waals surface area contributed by atoms with Crippen LogP contribution in [0.5, 0.6) is 5.88 Å². The van der Waals surface area contributed by atoms with E-state index in [1.165, 1.54) is 11.1 Å². The summed E-state index contributed by atoms with van der Waals surface area (Å²) in [6.45, 7) is 14.6. The van der Waals surface area contributed by atoms with E-state index in [9.17, 15) is 0 Å². The van der Waals surface area contributed by atoms with Gasteiger partial charge < -0.3 is 10.1 Å². The molecule has 1 unspecified atom stereocenters. The molecular weight excluding hydrogens is 236 g/mol. The van der Waals surface area contributed by atoms with Crippen LogP contribution in [0.1, 0.15) is 50.9 Å². The monoisotopic (exact) mass is 264 g/mol. The Kier molecular flexibility index (Phi) is 6.29. The minimum atomic E-state index is 0.206. The zero-order valence-electron chi connectivity index (χ0n) is 13.2. The van der Waals surface area contributed by atoms with Gasteiger partial charge in [-0.25, -0.2) is 4.98 Å². The number of aromatic nitrogens is 1. The second kappa shape index (κ2) is 7.49. The second-order valence-electron chi connectivity index (χ2n) is 5.73. The summed E-state index contributed by atoms with van der Waals surface area (Å²) in [6, 6.07) is 2.12. The molecule has 0 aromatic carbocycles. The molecule has 3 heteroatoms. The van der Waals surface area contributed by atoms with Crippen molar-refractivity contribution in [1.82, 2.24) is 10.3 Å². The standard InChI is InChI=1S/C16H28N2O/c1-7-14(6)19-16-15(10-17-9-11(2)3)12(4)8-13(5)18-16/h8,11,14,17H,7,9-10H2,1-6H3. The summed E-state index contributed by atoms with van der Waals surface area (Å²) in [5.41, 5.74) is 3.46. The number of hydrogen-bond acceptors (Lipinski definition) is 3. The summed E-state index contributed by atoms with van der Waals surface area (Å²) in [6.07, 6.45) is 1.20. The number of hydrogen-bond donors (Lipinski definition) is 1. The third-order valence-electron chi connectivity index (χ3n) is 3.18. The number of nitrogens with one attached hydrogen (secondary N) is 1. The minimum absolute atomic E-state index is 0.206. The van der Waals surface area contributed by atoms with Gasteiger partial charge in [0.05, 0.1) is 6.10 Å². The van der Waals surface area contributed by atoms with Crippen LogP contribution in [-0.4, -0.2) is 17.6 Å². The molecular formula is C16H28N2O. The zero-order chi connectivity index (χ0) is 14.4. The molecule has 0 fully saturated rings. The van der Waals surface area contributed by atoms with Crippen LogP contribution in [-0.2, 0) is 6.54 Å². The molecule has 19 heavy (non-hydrogen) atoms. The lowest BCUT2D eigenvalue weighted by Gasteiger charge is -2.18. The van der Waals surface area contributed by atoms with E-state index in [-0.39, 0.29) is 6.10 Å². The first-order chi connectivity index (χ1) is 8.93. The number of nitrogens with zero attached hydrogens (tertiary/aromatic N) is 1. The summed E-state index contributed by atoms with van der Waals surface area (Å²) in [7, 11) is 0. The van der Waals surface area contributed by atoms with Crippen LogP contribution in [0.3, 0.4) is 0 Å². The molecule has 0 radical (unpaired) electrons. The predicted molar refractivity (Wildman–Crippen MR) is 80.6 cm³/mol. The van der Waals surface area contributed by atoms with Crippen molar-refractivity contribution in [2.24, 2.45) is 5.92 Å². The number of aryl methyl sites for hydroxylation is 2. The maximum atomic E-state index is 5.96. The van der Waals surface area contributed by atoms with Gasteiger partial charge in [0.15, 0.2) is 0 Å². The topological polar surface area (TPSA) is 34.1 Å². The van der Waals surface area contributed by atoms with E-state index in [1.54, 1.807) is 0 Å². The van der Waals surface area contributed by atoms with E-state index in [1.807, 2.05) is 6.92 Å². The van der Waals surface area contributed by atoms with Gasteiger partial charge in [0, 0.05) is 17.8 Å². The highest BCUT2D eigenvalue weighted by molar-refractivity contribution is 5.36. The van der Waals surface area contributed by atoms with Gasteiger partial charge in [-0.15, -0.1) is 0 Å². The summed E-state index contributed by atoms with van der Waals surface area (Å²) in [5.74, 6) is 1.45. The van der Waals surface area contributed by atoms with E-state index < -0.39 is 0 Å². The molecule has 0 aliphatic heterocycles. The molecule has 1 rings (SSSR count). The van der Waals surface area contributed by atoms with Gasteiger partial charge in [-0.1, -0.05) is 20.8 Å². The van der Waals surface area contributed by atoms with Gasteiger partial charge in [-0.3, -0.25) is 0 Å². The van der Waals surface area contributed by atoms with Crippen molar-refractivity contribution in [3.8, 4) is 5.88 Å². The Bertz CT molecular complexity index is 402. The van der Waals surface area contributed by atoms with Crippen molar-refractivity contribution in [3.63, 3.8) is 0 Å². The summed E-state index contributed by atoms with van der Waals surface area (Å²) in [5, 5.41) is 3.47. The van der Waals surface area contributed by atoms with Crippen molar-refractivity contribution in [3.05, 3.63) is 22.9 Å². The first kappa shape index (κ1) is 16.0. The molecule has 1 atom stereocenters. The molecule has 0 saturated carbocycles. The van der Waals surface area contributed by atoms with Gasteiger partial charge in [0.25, 0.3) is 0 Å². The predicted octanol–water partition coefficient (Wildman–Crippen LogP) is 3.62. The lowest BCUT2D eigenvalue weighted by atomic mass is 10.1. The average molecular weight is 264 g/mol. The van der Waals surface area contributed by atoms with Crippen molar-refractivity contribution < 1.29 is 4.74 Å². The highest BCUT2D eigenvalue weighted by Gasteiger charge is 2.12. The maximum absolute atomic E-state index is 5.96. The molecule has 1 aromatic heterocycles. The quantitative estimate of drug-likeness (QED) is 0.816. The highest BCUT2D eigenvalue weighted by atomic mass is 16.5. The Balaban J connectivity index is 2.86. The van der Waals surface area contributed by atoms with Crippen LogP contribution in [0.4, 0.5) is 0 Å². The molecule has 0 amide bonds. The SMILES string of the molecule is CCC(C)Oc1nc(C)cc(C)c1CNCC(C)C. The van der Waals surface area contributed by atoms with Crippen molar-refractivity contribution in [2.75, 3.05) is 6.54 Å². The smallest absolute Gasteiger partial charge is 0.218 e. The first-order valence-corrected chi connectivity index (χ1v) is 7.28. The van der Waals surface area contributed by atoms with Gasteiger partial charge in [-0.2, -0.15) is 0 Å². The van der Waals surface area contributed by atoms with Gasteiger partial charge >= 0.3 is 0 Å². The fourth-order valence-electron chi connectivity index (χ4n) is 1.90. The van der Waals surface area contributed by atoms with Gasteiger partial charge in [0.2, 0.25) is 5.88 Å². The van der Waals surface area contributed by atoms with Crippen molar-refractivity contribution >= 4 is 0 Å². The molecule has 0 aliphatic rings. The molecule has 1 aromatic rings. The van der Waals surface area contributed by atoms with Crippen molar-refractivity contribution in [1.29, 1.82) is 0 Å². The Labute approximate surface area is 117 Å². The first-order valence-electron chi connectivity index (χ1n) is 7.28. The van der Waals surface area contributed by atoms with E-state index >= 15 is 0 Å². The molecule has 0 bridgehead atoms. The number of pyridine rings is 1. The largest absolute Gasteiger partial charge is 0.474 e. The molecule has 1 N–H and O–H groups in total. The fourth-order valence-corrected chi connectivity index (χ4v) is 1.90. The fraction of sp³-hybridized carbons (Fsp3) is 0.688. The van der Waals surface area contributed by atoms with Crippen molar-refractivity contribution in [2.45, 2.75) is 60.6 Å². The lowest BCUT2D eigenvalue weighted by molar-refractivity contribution is 0.205. The van der Waals surface area contributed by atoms with Crippen LogP contribution in [0.2, 0.25) is 0 Å². The third-order valence-corrected chi connectivity index (χ3v) is 3.18. The summed E-state index contributed by atoms with van der Waals surface area (Å²) in [4.78, 5) is 4.56. The summed E-state index contributed by atoms with van der Waals surface area (Å²) < 4.78 is 5.96. The third kappa shape index (κ3) is 5.19. The molecule has 0 spiro atoms. The molecule has 0 aliphatic carbocycles. The second-order valence-corrected chi connectivity index (χ2v) is 5.73. The van der Waals surface area contributed by atoms with Crippen LogP contribution in [0.25, 0.3) is 0 Å². The van der Waals surface area contributed by atoms with E-state index in [4.69, 9.17) is 4.74 Å². The normalized spacial score (nSPS) is 12.8. The molecule has 1 heterocycles. The average Bonchev–Trinajstić information content (AvgIpc) is 2.31. The highest BCUT2D eigenvalue weighted by Crippen LogP contribution is 2.22. The lowest BCUT2D eigenvalue weighted by Crippen LogP contribution is -2.21. The van der Waals surface area contributed by atoms with Crippen LogP contribution in [0.15, 0.2) is 6.07 Å². The Morgan fingerprint density at radius 2 is 1.95 bits per heavy atom. The van der Waals surface area contributed by atoms with E-state index in [0.717, 1.165) is 31.1 Å². The van der Waals surface area contributed by atoms with Gasteiger partial charge in [-0.05, 0) is 51.3 Å². The van der Waals surface area contributed by atoms with Crippen LogP contribution in [0, 0.1) is 19.8 Å². The van der Waals surface area contributed by atoms with Crippen LogP contribution >= 0.6 is 0 Å². The molecule has 3 nitrogen and oxygen atoms in total.